The second-order valence-corrected chi connectivity index (χ2v) is 11.0. The summed E-state index contributed by atoms with van der Waals surface area (Å²) in [5.74, 6) is 2.42. The van der Waals surface area contributed by atoms with E-state index in [9.17, 15) is 14.4 Å². The average Bonchev–Trinajstić information content (AvgIpc) is 2.68. The lowest BCUT2D eigenvalue weighted by molar-refractivity contribution is -0.127. The first-order valence-corrected chi connectivity index (χ1v) is 12.1. The second-order valence-electron chi connectivity index (χ2n) is 11.0. The largest absolute Gasteiger partial charge is 0.385 e. The Morgan fingerprint density at radius 2 is 1.78 bits per heavy atom. The minimum absolute atomic E-state index is 0.0548. The molecule has 0 aliphatic heterocycles. The second kappa shape index (κ2) is 9.04. The molecule has 0 spiro atoms. The van der Waals surface area contributed by atoms with Gasteiger partial charge in [-0.15, -0.1) is 0 Å². The Bertz CT molecular complexity index is 928. The number of carbonyl (C=O) groups is 1. The van der Waals surface area contributed by atoms with Crippen LogP contribution >= 0.6 is 0 Å². The van der Waals surface area contributed by atoms with Gasteiger partial charge in [-0.2, -0.15) is 0 Å². The van der Waals surface area contributed by atoms with Crippen molar-refractivity contribution in [2.75, 3.05) is 30.9 Å². The number of carbonyl (C=O) groups excluding carboxylic acids is 1. The van der Waals surface area contributed by atoms with E-state index in [2.05, 4.69) is 4.98 Å². The number of nitrogen functional groups attached to an aromatic ring is 1. The number of aromatic nitrogens is 2. The monoisotopic (exact) mass is 446 g/mol. The zero-order valence-corrected chi connectivity index (χ0v) is 19.7. The predicted octanol–water partition coefficient (Wildman–Crippen LogP) is 2.75. The maximum atomic E-state index is 13.7. The third-order valence-corrected chi connectivity index (χ3v) is 7.75. The van der Waals surface area contributed by atoms with Crippen molar-refractivity contribution in [3.05, 3.63) is 20.8 Å². The van der Waals surface area contributed by atoms with Crippen molar-refractivity contribution in [2.45, 2.75) is 71.8 Å². The van der Waals surface area contributed by atoms with Gasteiger partial charge in [0.05, 0.1) is 0 Å². The fraction of sp³-hybridized carbons (Fsp3) is 0.792. The van der Waals surface area contributed by atoms with Gasteiger partial charge in [-0.3, -0.25) is 19.1 Å². The molecule has 5 rings (SSSR count). The van der Waals surface area contributed by atoms with E-state index in [1.54, 1.807) is 7.11 Å². The quantitative estimate of drug-likeness (QED) is 0.567. The van der Waals surface area contributed by atoms with E-state index in [1.807, 2.05) is 13.8 Å². The fourth-order valence-corrected chi connectivity index (χ4v) is 7.04. The molecule has 1 aromatic heterocycles. The molecule has 4 aliphatic carbocycles. The Balaban J connectivity index is 1.65. The SMILES string of the molecule is COCCCN(C(=O)CC12CC3CC(CC(C3)C1)C2)c1c(N)n(CC(C)C)c(=O)[nH]c1=O. The third kappa shape index (κ3) is 4.51. The molecular weight excluding hydrogens is 408 g/mol. The van der Waals surface area contributed by atoms with Crippen molar-refractivity contribution in [1.29, 1.82) is 0 Å². The van der Waals surface area contributed by atoms with E-state index in [0.717, 1.165) is 37.0 Å². The summed E-state index contributed by atoms with van der Waals surface area (Å²) in [5, 5.41) is 0. The molecule has 4 aliphatic rings. The maximum Gasteiger partial charge on any atom is 0.330 e. The summed E-state index contributed by atoms with van der Waals surface area (Å²) in [6.07, 6.45) is 8.35. The molecule has 178 valence electrons. The van der Waals surface area contributed by atoms with E-state index < -0.39 is 11.2 Å². The molecule has 1 aromatic rings. The molecule has 0 atom stereocenters. The van der Waals surface area contributed by atoms with E-state index in [1.165, 1.54) is 28.7 Å². The number of amides is 1. The Hall–Kier alpha value is -2.09. The van der Waals surface area contributed by atoms with Gasteiger partial charge >= 0.3 is 5.69 Å². The van der Waals surface area contributed by atoms with Gasteiger partial charge in [-0.05, 0) is 74.0 Å². The Morgan fingerprint density at radius 3 is 2.31 bits per heavy atom. The first-order valence-electron chi connectivity index (χ1n) is 12.1. The van der Waals surface area contributed by atoms with Crippen molar-refractivity contribution in [3.63, 3.8) is 0 Å². The van der Waals surface area contributed by atoms with Gasteiger partial charge in [0.1, 0.15) is 5.82 Å². The van der Waals surface area contributed by atoms with Crippen LogP contribution in [0.15, 0.2) is 9.59 Å². The van der Waals surface area contributed by atoms with Crippen molar-refractivity contribution >= 4 is 17.4 Å². The maximum absolute atomic E-state index is 13.7. The highest BCUT2D eigenvalue weighted by Crippen LogP contribution is 2.61. The average molecular weight is 447 g/mol. The number of H-pyrrole nitrogens is 1. The smallest absolute Gasteiger partial charge is 0.330 e. The number of nitrogens with one attached hydrogen (secondary N) is 1. The molecule has 4 saturated carbocycles. The summed E-state index contributed by atoms with van der Waals surface area (Å²) in [4.78, 5) is 42.9. The molecular formula is C24H38N4O4. The molecule has 3 N–H and O–H groups in total. The van der Waals surface area contributed by atoms with Crippen LogP contribution in [-0.2, 0) is 16.1 Å². The fourth-order valence-electron chi connectivity index (χ4n) is 7.04. The lowest BCUT2D eigenvalue weighted by Gasteiger charge is -2.57. The molecule has 0 unspecified atom stereocenters. The summed E-state index contributed by atoms with van der Waals surface area (Å²) in [6.45, 7) is 5.15. The molecule has 4 bridgehead atoms. The molecule has 32 heavy (non-hydrogen) atoms. The lowest BCUT2D eigenvalue weighted by Crippen LogP contribution is -2.49. The van der Waals surface area contributed by atoms with Crippen LogP contribution in [0.5, 0.6) is 0 Å². The van der Waals surface area contributed by atoms with Crippen LogP contribution in [0.4, 0.5) is 11.5 Å². The van der Waals surface area contributed by atoms with Crippen molar-refractivity contribution in [3.8, 4) is 0 Å². The molecule has 4 fully saturated rings. The highest BCUT2D eigenvalue weighted by molar-refractivity contribution is 5.96. The first-order chi connectivity index (χ1) is 15.2. The third-order valence-electron chi connectivity index (χ3n) is 7.75. The van der Waals surface area contributed by atoms with Crippen LogP contribution in [-0.4, -0.2) is 35.7 Å². The molecule has 0 saturated heterocycles. The summed E-state index contributed by atoms with van der Waals surface area (Å²) >= 11 is 0. The number of nitrogens with zero attached hydrogens (tertiary/aromatic N) is 2. The first kappa shape index (κ1) is 23.1. The van der Waals surface area contributed by atoms with Crippen molar-refractivity contribution < 1.29 is 9.53 Å². The van der Waals surface area contributed by atoms with Crippen molar-refractivity contribution in [1.82, 2.24) is 9.55 Å². The lowest BCUT2D eigenvalue weighted by atomic mass is 9.49. The van der Waals surface area contributed by atoms with Crippen LogP contribution in [0.1, 0.15) is 65.2 Å². The number of nitrogens with two attached hydrogens (primary N) is 1. The van der Waals surface area contributed by atoms with Crippen molar-refractivity contribution in [2.24, 2.45) is 29.1 Å². The van der Waals surface area contributed by atoms with Gasteiger partial charge in [0.15, 0.2) is 5.69 Å². The Kier molecular flexibility index (Phi) is 6.52. The normalized spacial score (nSPS) is 28.4. The van der Waals surface area contributed by atoms with Gasteiger partial charge < -0.3 is 15.4 Å². The number of rotatable bonds is 9. The van der Waals surface area contributed by atoms with Crippen LogP contribution in [0.3, 0.4) is 0 Å². The highest BCUT2D eigenvalue weighted by Gasteiger charge is 2.52. The van der Waals surface area contributed by atoms with Crippen LogP contribution < -0.4 is 21.9 Å². The van der Waals surface area contributed by atoms with Crippen LogP contribution in [0, 0.1) is 29.1 Å². The number of anilines is 2. The Labute approximate surface area is 189 Å². The van der Waals surface area contributed by atoms with E-state index in [4.69, 9.17) is 10.5 Å². The van der Waals surface area contributed by atoms with Gasteiger partial charge in [-0.25, -0.2) is 4.79 Å². The topological polar surface area (TPSA) is 110 Å². The van der Waals surface area contributed by atoms with E-state index >= 15 is 0 Å². The number of hydrogen-bond acceptors (Lipinski definition) is 5. The predicted molar refractivity (Wildman–Crippen MR) is 125 cm³/mol. The number of ether oxygens (including phenoxy) is 1. The molecule has 8 heteroatoms. The Morgan fingerprint density at radius 1 is 1.19 bits per heavy atom. The van der Waals surface area contributed by atoms with Crippen LogP contribution in [0.2, 0.25) is 0 Å². The minimum atomic E-state index is -0.594. The molecule has 8 nitrogen and oxygen atoms in total. The van der Waals surface area contributed by atoms with Gasteiger partial charge in [0.25, 0.3) is 5.56 Å². The number of aromatic amines is 1. The van der Waals surface area contributed by atoms with Gasteiger partial charge in [-0.1, -0.05) is 13.8 Å². The number of hydrogen-bond donors (Lipinski definition) is 2. The molecule has 1 amide bonds. The zero-order chi connectivity index (χ0) is 23.0. The zero-order valence-electron chi connectivity index (χ0n) is 19.7. The van der Waals surface area contributed by atoms with Gasteiger partial charge in [0, 0.05) is 33.2 Å². The van der Waals surface area contributed by atoms with E-state index in [-0.39, 0.29) is 28.7 Å². The summed E-state index contributed by atoms with van der Waals surface area (Å²) < 4.78 is 6.57. The molecule has 0 aromatic carbocycles. The summed E-state index contributed by atoms with van der Waals surface area (Å²) in [6, 6.07) is 0. The van der Waals surface area contributed by atoms with Crippen LogP contribution in [0.25, 0.3) is 0 Å². The highest BCUT2D eigenvalue weighted by atomic mass is 16.5. The molecule has 1 heterocycles. The standard InChI is InChI=1S/C24H38N4O4/c1-15(2)14-28-21(25)20(22(30)26-23(28)31)27(5-4-6-32-3)19(29)13-24-10-16-7-17(11-24)9-18(8-16)12-24/h15-18H,4-14,25H2,1-3H3,(H,26,30,31). The summed E-state index contributed by atoms with van der Waals surface area (Å²) in [5.41, 5.74) is 5.39. The van der Waals surface area contributed by atoms with E-state index in [0.29, 0.717) is 32.5 Å². The molecule has 0 radical (unpaired) electrons. The number of methoxy groups -OCH3 is 1. The summed E-state index contributed by atoms with van der Waals surface area (Å²) in [7, 11) is 1.62. The van der Waals surface area contributed by atoms with Gasteiger partial charge in [0.2, 0.25) is 5.91 Å². The minimum Gasteiger partial charge on any atom is -0.385 e.